The number of ether oxygens (including phenoxy) is 2. The van der Waals surface area contributed by atoms with Crippen LogP contribution in [-0.2, 0) is 16.5 Å². The van der Waals surface area contributed by atoms with E-state index in [9.17, 15) is 4.79 Å². The van der Waals surface area contributed by atoms with Crippen molar-refractivity contribution in [1.82, 2.24) is 14.7 Å². The summed E-state index contributed by atoms with van der Waals surface area (Å²) >= 11 is 0. The molecule has 3 heterocycles. The van der Waals surface area contributed by atoms with Gasteiger partial charge >= 0.3 is 0 Å². The van der Waals surface area contributed by atoms with Gasteiger partial charge in [-0.25, -0.2) is 0 Å². The number of likely N-dealkylation sites (tertiary alicyclic amines) is 1. The number of hydrogen-bond donors (Lipinski definition) is 0. The van der Waals surface area contributed by atoms with Gasteiger partial charge in [-0.05, 0) is 19.4 Å². The van der Waals surface area contributed by atoms with Crippen LogP contribution in [0.15, 0.2) is 6.07 Å². The van der Waals surface area contributed by atoms with Gasteiger partial charge in [-0.2, -0.15) is 5.10 Å². The van der Waals surface area contributed by atoms with Crippen LogP contribution in [0.4, 0.5) is 0 Å². The predicted molar refractivity (Wildman–Crippen MR) is 67.7 cm³/mol. The third-order valence-electron chi connectivity index (χ3n) is 3.74. The van der Waals surface area contributed by atoms with E-state index in [1.54, 1.807) is 11.7 Å². The topological polar surface area (TPSA) is 56.6 Å². The lowest BCUT2D eigenvalue weighted by atomic mass is 10.0. The SMILES string of the molecule is Cc1cc(C(=O)N2CCCC3(C2)OCCO3)n(C)n1. The summed E-state index contributed by atoms with van der Waals surface area (Å²) in [5.41, 5.74) is 1.47. The van der Waals surface area contributed by atoms with Gasteiger partial charge in [0.2, 0.25) is 0 Å². The molecule has 0 saturated carbocycles. The molecule has 0 bridgehead atoms. The number of aromatic nitrogens is 2. The minimum Gasteiger partial charge on any atom is -0.346 e. The van der Waals surface area contributed by atoms with E-state index >= 15 is 0 Å². The molecule has 6 nitrogen and oxygen atoms in total. The van der Waals surface area contributed by atoms with E-state index in [4.69, 9.17) is 9.47 Å². The minimum absolute atomic E-state index is 0.00118. The summed E-state index contributed by atoms with van der Waals surface area (Å²) in [6.07, 6.45) is 1.77. The Morgan fingerprint density at radius 3 is 2.79 bits per heavy atom. The molecule has 2 aliphatic rings. The molecule has 19 heavy (non-hydrogen) atoms. The van der Waals surface area contributed by atoms with E-state index < -0.39 is 5.79 Å². The van der Waals surface area contributed by atoms with Crippen LogP contribution in [0.2, 0.25) is 0 Å². The number of hydrogen-bond acceptors (Lipinski definition) is 4. The van der Waals surface area contributed by atoms with Crippen molar-refractivity contribution in [3.63, 3.8) is 0 Å². The molecular weight excluding hydrogens is 246 g/mol. The summed E-state index contributed by atoms with van der Waals surface area (Å²) in [6.45, 7) is 4.38. The zero-order chi connectivity index (χ0) is 13.5. The second kappa shape index (κ2) is 4.61. The Balaban J connectivity index is 1.78. The number of carbonyl (C=O) groups is 1. The van der Waals surface area contributed by atoms with E-state index in [-0.39, 0.29) is 5.91 Å². The molecule has 2 fully saturated rings. The van der Waals surface area contributed by atoms with Crippen LogP contribution < -0.4 is 0 Å². The van der Waals surface area contributed by atoms with Crippen LogP contribution in [0.1, 0.15) is 29.0 Å². The number of amides is 1. The average molecular weight is 265 g/mol. The average Bonchev–Trinajstić information content (AvgIpc) is 2.96. The third kappa shape index (κ3) is 2.26. The molecule has 1 amide bonds. The molecule has 1 spiro atoms. The highest BCUT2D eigenvalue weighted by atomic mass is 16.7. The van der Waals surface area contributed by atoms with Crippen LogP contribution in [0.25, 0.3) is 0 Å². The van der Waals surface area contributed by atoms with Crippen molar-refractivity contribution in [2.45, 2.75) is 25.6 Å². The Labute approximate surface area is 112 Å². The fraction of sp³-hybridized carbons (Fsp3) is 0.692. The minimum atomic E-state index is -0.568. The van der Waals surface area contributed by atoms with Gasteiger partial charge in [0.25, 0.3) is 5.91 Å². The van der Waals surface area contributed by atoms with Crippen molar-refractivity contribution < 1.29 is 14.3 Å². The Bertz CT molecular complexity index is 491. The molecule has 0 radical (unpaired) electrons. The molecule has 0 atom stereocenters. The van der Waals surface area contributed by atoms with Gasteiger partial charge in [-0.1, -0.05) is 0 Å². The second-order valence-electron chi connectivity index (χ2n) is 5.23. The molecule has 0 aliphatic carbocycles. The van der Waals surface area contributed by atoms with E-state index in [1.165, 1.54) is 0 Å². The highest BCUT2D eigenvalue weighted by Crippen LogP contribution is 2.30. The maximum Gasteiger partial charge on any atom is 0.272 e. The summed E-state index contributed by atoms with van der Waals surface area (Å²) in [6, 6.07) is 1.82. The quantitative estimate of drug-likeness (QED) is 0.750. The van der Waals surface area contributed by atoms with Crippen LogP contribution >= 0.6 is 0 Å². The summed E-state index contributed by atoms with van der Waals surface area (Å²) < 4.78 is 13.0. The fourth-order valence-corrected chi connectivity index (χ4v) is 2.87. The first-order chi connectivity index (χ1) is 9.10. The Hall–Kier alpha value is -1.40. The summed E-state index contributed by atoms with van der Waals surface area (Å²) in [7, 11) is 1.79. The lowest BCUT2D eigenvalue weighted by Gasteiger charge is -2.38. The highest BCUT2D eigenvalue weighted by Gasteiger charge is 2.42. The summed E-state index contributed by atoms with van der Waals surface area (Å²) in [4.78, 5) is 14.3. The van der Waals surface area contributed by atoms with Crippen molar-refractivity contribution in [3.8, 4) is 0 Å². The molecule has 0 aromatic carbocycles. The molecule has 6 heteroatoms. The maximum atomic E-state index is 12.5. The molecule has 2 aliphatic heterocycles. The van der Waals surface area contributed by atoms with E-state index in [2.05, 4.69) is 5.10 Å². The lowest BCUT2D eigenvalue weighted by molar-refractivity contribution is -0.183. The third-order valence-corrected chi connectivity index (χ3v) is 3.74. The van der Waals surface area contributed by atoms with Gasteiger partial charge in [0.1, 0.15) is 5.69 Å². The van der Waals surface area contributed by atoms with Crippen molar-refractivity contribution in [3.05, 3.63) is 17.5 Å². The first-order valence-corrected chi connectivity index (χ1v) is 6.67. The normalized spacial score (nSPS) is 22.1. The van der Waals surface area contributed by atoms with Gasteiger partial charge in [0.05, 0.1) is 25.5 Å². The van der Waals surface area contributed by atoms with Crippen molar-refractivity contribution in [2.75, 3.05) is 26.3 Å². The first kappa shape index (κ1) is 12.6. The first-order valence-electron chi connectivity index (χ1n) is 6.67. The standard InChI is InChI=1S/C13H19N3O3/c1-10-8-11(15(2)14-10)12(17)16-5-3-4-13(9-16)18-6-7-19-13/h8H,3-7,9H2,1-2H3. The molecule has 3 rings (SSSR count). The number of nitrogens with zero attached hydrogens (tertiary/aromatic N) is 3. The molecule has 0 N–H and O–H groups in total. The van der Waals surface area contributed by atoms with Crippen molar-refractivity contribution >= 4 is 5.91 Å². The Morgan fingerprint density at radius 1 is 1.42 bits per heavy atom. The van der Waals surface area contributed by atoms with Crippen LogP contribution in [0.3, 0.4) is 0 Å². The molecule has 1 aromatic heterocycles. The number of carbonyl (C=O) groups excluding carboxylic acids is 1. The van der Waals surface area contributed by atoms with Gasteiger partial charge in [0, 0.05) is 20.0 Å². The van der Waals surface area contributed by atoms with Crippen LogP contribution in [0.5, 0.6) is 0 Å². The predicted octanol–water partition coefficient (Wildman–Crippen LogP) is 0.708. The Kier molecular flexibility index (Phi) is 3.06. The lowest BCUT2D eigenvalue weighted by Crippen LogP contribution is -2.51. The molecule has 2 saturated heterocycles. The summed E-state index contributed by atoms with van der Waals surface area (Å²) in [5.74, 6) is -0.567. The molecule has 104 valence electrons. The number of aryl methyl sites for hydroxylation is 2. The van der Waals surface area contributed by atoms with Gasteiger partial charge in [-0.15, -0.1) is 0 Å². The number of piperidine rings is 1. The van der Waals surface area contributed by atoms with Crippen LogP contribution in [0, 0.1) is 6.92 Å². The van der Waals surface area contributed by atoms with E-state index in [0.29, 0.717) is 25.5 Å². The van der Waals surface area contributed by atoms with Gasteiger partial charge in [-0.3, -0.25) is 9.48 Å². The smallest absolute Gasteiger partial charge is 0.272 e. The zero-order valence-corrected chi connectivity index (χ0v) is 11.4. The van der Waals surface area contributed by atoms with Crippen molar-refractivity contribution in [2.24, 2.45) is 7.05 Å². The van der Waals surface area contributed by atoms with Gasteiger partial charge in [0.15, 0.2) is 5.79 Å². The zero-order valence-electron chi connectivity index (χ0n) is 11.4. The monoisotopic (exact) mass is 265 g/mol. The fourth-order valence-electron chi connectivity index (χ4n) is 2.87. The van der Waals surface area contributed by atoms with Crippen LogP contribution in [-0.4, -0.2) is 52.7 Å². The van der Waals surface area contributed by atoms with E-state index in [1.807, 2.05) is 17.9 Å². The second-order valence-corrected chi connectivity index (χ2v) is 5.23. The summed E-state index contributed by atoms with van der Waals surface area (Å²) in [5, 5.41) is 4.22. The largest absolute Gasteiger partial charge is 0.346 e. The Morgan fingerprint density at radius 2 is 2.16 bits per heavy atom. The molecule has 1 aromatic rings. The van der Waals surface area contributed by atoms with E-state index in [0.717, 1.165) is 25.1 Å². The number of rotatable bonds is 1. The van der Waals surface area contributed by atoms with Crippen molar-refractivity contribution in [1.29, 1.82) is 0 Å². The maximum absolute atomic E-state index is 12.5. The molecular formula is C13H19N3O3. The van der Waals surface area contributed by atoms with Gasteiger partial charge < -0.3 is 14.4 Å². The molecule has 0 unspecified atom stereocenters. The highest BCUT2D eigenvalue weighted by molar-refractivity contribution is 5.92.